The monoisotopic (exact) mass is 541 g/mol. The fraction of sp³-hybridized carbons (Fsp3) is 0.429. The molecular weight excluding hydrogens is 506 g/mol. The minimum absolute atomic E-state index is 0.0105. The molecule has 0 spiro atoms. The Balaban J connectivity index is 2.22. The van der Waals surface area contributed by atoms with Gasteiger partial charge >= 0.3 is 17.9 Å². The van der Waals surface area contributed by atoms with Gasteiger partial charge < -0.3 is 24.8 Å². The zero-order valence-corrected chi connectivity index (χ0v) is 23.2. The molecule has 0 saturated heterocycles. The first-order chi connectivity index (χ1) is 18.1. The lowest BCUT2D eigenvalue weighted by Crippen LogP contribution is -2.47. The van der Waals surface area contributed by atoms with Gasteiger partial charge in [-0.15, -0.1) is 0 Å². The Morgan fingerprint density at radius 2 is 1.51 bits per heavy atom. The molecule has 39 heavy (non-hydrogen) atoms. The normalized spacial score (nSPS) is 12.1. The van der Waals surface area contributed by atoms with Crippen LogP contribution in [0.4, 0.5) is 0 Å². The molecule has 1 aromatic carbocycles. The third-order valence-corrected chi connectivity index (χ3v) is 5.23. The minimum atomic E-state index is -1.12. The van der Waals surface area contributed by atoms with E-state index in [0.29, 0.717) is 5.56 Å². The topological polar surface area (TPSA) is 150 Å². The van der Waals surface area contributed by atoms with Crippen LogP contribution in [0.15, 0.2) is 42.7 Å². The van der Waals surface area contributed by atoms with Crippen LogP contribution in [0.1, 0.15) is 57.5 Å². The molecule has 11 heteroatoms. The average molecular weight is 542 g/mol. The number of aromatic nitrogens is 1. The van der Waals surface area contributed by atoms with Crippen molar-refractivity contribution in [3.8, 4) is 11.5 Å². The molecule has 0 aliphatic heterocycles. The van der Waals surface area contributed by atoms with Crippen molar-refractivity contribution in [2.45, 2.75) is 54.0 Å². The van der Waals surface area contributed by atoms with Crippen molar-refractivity contribution < 1.29 is 38.2 Å². The van der Waals surface area contributed by atoms with Crippen molar-refractivity contribution >= 4 is 29.7 Å². The summed E-state index contributed by atoms with van der Waals surface area (Å²) in [5, 5.41) is 5.00. The largest absolute Gasteiger partial charge is 0.467 e. The second-order valence-corrected chi connectivity index (χ2v) is 10.8. The number of hydrogen-bond donors (Lipinski definition) is 2. The van der Waals surface area contributed by atoms with Crippen LogP contribution in [-0.4, -0.2) is 54.4 Å². The van der Waals surface area contributed by atoms with Crippen molar-refractivity contribution in [2.24, 2.45) is 10.8 Å². The molecule has 0 saturated carbocycles. The second kappa shape index (κ2) is 13.0. The quantitative estimate of drug-likeness (QED) is 0.361. The molecule has 2 amide bonds. The highest BCUT2D eigenvalue weighted by Gasteiger charge is 2.29. The first kappa shape index (κ1) is 30.9. The number of carbonyl (C=O) groups excluding carboxylic acids is 5. The van der Waals surface area contributed by atoms with Crippen molar-refractivity contribution in [1.29, 1.82) is 0 Å². The Bertz CT molecular complexity index is 1210. The predicted molar refractivity (Wildman–Crippen MR) is 141 cm³/mol. The summed E-state index contributed by atoms with van der Waals surface area (Å²) in [6.45, 7) is 9.70. The zero-order valence-electron chi connectivity index (χ0n) is 23.2. The smallest absolute Gasteiger partial charge is 0.328 e. The molecule has 11 nitrogen and oxygen atoms in total. The fourth-order valence-electron chi connectivity index (χ4n) is 2.93. The molecule has 1 unspecified atom stereocenters. The molecule has 0 fully saturated rings. The molecule has 0 radical (unpaired) electrons. The second-order valence-electron chi connectivity index (χ2n) is 10.8. The van der Waals surface area contributed by atoms with E-state index in [1.165, 1.54) is 31.6 Å². The number of methoxy groups -OCH3 is 1. The third-order valence-electron chi connectivity index (χ3n) is 5.23. The van der Waals surface area contributed by atoms with Gasteiger partial charge in [-0.2, -0.15) is 0 Å². The Hall–Kier alpha value is -4.28. The summed E-state index contributed by atoms with van der Waals surface area (Å²) < 4.78 is 15.9. The molecule has 2 aromatic rings. The number of nitrogens with zero attached hydrogens (tertiary/aromatic N) is 1. The van der Waals surface area contributed by atoms with Gasteiger partial charge in [0.1, 0.15) is 6.04 Å². The standard InChI is InChI=1S/C28H35N3O8/c1-27(2,3)25(35)38-20-11-10-17(14-21(20)39-26(36)28(4,5)6)13-19(24(34)37-7)31-22(32)16-30-23(33)18-9-8-12-29-15-18/h8-12,14-15,19H,13,16H2,1-7H3,(H,30,33)(H,31,32). The van der Waals surface area contributed by atoms with Gasteiger partial charge in [0.15, 0.2) is 11.5 Å². The highest BCUT2D eigenvalue weighted by atomic mass is 16.6. The lowest BCUT2D eigenvalue weighted by atomic mass is 9.97. The maximum atomic E-state index is 12.6. The lowest BCUT2D eigenvalue weighted by Gasteiger charge is -2.21. The molecule has 1 heterocycles. The number of hydrogen-bond acceptors (Lipinski definition) is 9. The van der Waals surface area contributed by atoms with Crippen LogP contribution in [0.3, 0.4) is 0 Å². The summed E-state index contributed by atoms with van der Waals surface area (Å²) in [6.07, 6.45) is 2.83. The van der Waals surface area contributed by atoms with E-state index >= 15 is 0 Å². The van der Waals surface area contributed by atoms with Crippen LogP contribution < -0.4 is 20.1 Å². The molecule has 210 valence electrons. The summed E-state index contributed by atoms with van der Waals surface area (Å²) >= 11 is 0. The highest BCUT2D eigenvalue weighted by Crippen LogP contribution is 2.33. The number of ether oxygens (including phenoxy) is 3. The van der Waals surface area contributed by atoms with E-state index in [4.69, 9.17) is 14.2 Å². The van der Waals surface area contributed by atoms with Crippen LogP contribution in [0.2, 0.25) is 0 Å². The minimum Gasteiger partial charge on any atom is -0.467 e. The lowest BCUT2D eigenvalue weighted by molar-refractivity contribution is -0.145. The van der Waals surface area contributed by atoms with Gasteiger partial charge in [-0.1, -0.05) is 6.07 Å². The molecule has 0 bridgehead atoms. The molecule has 0 aliphatic carbocycles. The van der Waals surface area contributed by atoms with E-state index in [9.17, 15) is 24.0 Å². The van der Waals surface area contributed by atoms with Gasteiger partial charge in [-0.3, -0.25) is 24.2 Å². The van der Waals surface area contributed by atoms with E-state index in [0.717, 1.165) is 0 Å². The number of benzene rings is 1. The van der Waals surface area contributed by atoms with Crippen molar-refractivity contribution in [1.82, 2.24) is 15.6 Å². The van der Waals surface area contributed by atoms with Gasteiger partial charge in [0, 0.05) is 18.8 Å². The van der Waals surface area contributed by atoms with Gasteiger partial charge in [0.05, 0.1) is 30.0 Å². The average Bonchev–Trinajstić information content (AvgIpc) is 2.87. The molecule has 0 aliphatic rings. The number of pyridine rings is 1. The summed E-state index contributed by atoms with van der Waals surface area (Å²) in [5.41, 5.74) is -0.891. The van der Waals surface area contributed by atoms with Crippen LogP contribution in [-0.2, 0) is 30.3 Å². The summed E-state index contributed by atoms with van der Waals surface area (Å²) in [4.78, 5) is 66.1. The summed E-state index contributed by atoms with van der Waals surface area (Å²) in [5.74, 6) is -2.92. The molecule has 1 aromatic heterocycles. The Kier molecular flexibility index (Phi) is 10.3. The zero-order chi connectivity index (χ0) is 29.4. The molecule has 2 N–H and O–H groups in total. The maximum absolute atomic E-state index is 12.6. The number of esters is 3. The number of carbonyl (C=O) groups is 5. The predicted octanol–water partition coefficient (Wildman–Crippen LogP) is 2.61. The van der Waals surface area contributed by atoms with Gasteiger partial charge in [-0.25, -0.2) is 4.79 Å². The van der Waals surface area contributed by atoms with Gasteiger partial charge in [-0.05, 0) is 71.4 Å². The third kappa shape index (κ3) is 9.51. The Labute approximate surface area is 227 Å². The first-order valence-electron chi connectivity index (χ1n) is 12.2. The highest BCUT2D eigenvalue weighted by molar-refractivity contribution is 5.96. The number of nitrogens with one attached hydrogen (secondary N) is 2. The van der Waals surface area contributed by atoms with Crippen LogP contribution in [0, 0.1) is 10.8 Å². The maximum Gasteiger partial charge on any atom is 0.328 e. The summed E-state index contributed by atoms with van der Waals surface area (Å²) in [7, 11) is 1.18. The van der Waals surface area contributed by atoms with Crippen molar-refractivity contribution in [3.63, 3.8) is 0 Å². The fourth-order valence-corrected chi connectivity index (χ4v) is 2.93. The van der Waals surface area contributed by atoms with Crippen LogP contribution in [0.5, 0.6) is 11.5 Å². The van der Waals surface area contributed by atoms with Crippen molar-refractivity contribution in [3.05, 3.63) is 53.9 Å². The SMILES string of the molecule is COC(=O)C(Cc1ccc(OC(=O)C(C)(C)C)c(OC(=O)C(C)(C)C)c1)NC(=O)CNC(=O)c1cccnc1. The van der Waals surface area contributed by atoms with E-state index in [2.05, 4.69) is 15.6 Å². The molecule has 2 rings (SSSR count). The Morgan fingerprint density at radius 1 is 0.897 bits per heavy atom. The van der Waals surface area contributed by atoms with E-state index < -0.39 is 53.1 Å². The van der Waals surface area contributed by atoms with E-state index in [-0.39, 0.29) is 23.5 Å². The van der Waals surface area contributed by atoms with Crippen molar-refractivity contribution in [2.75, 3.05) is 13.7 Å². The number of amides is 2. The number of rotatable bonds is 9. The molecular formula is C28H35N3O8. The molecule has 1 atom stereocenters. The van der Waals surface area contributed by atoms with Crippen LogP contribution >= 0.6 is 0 Å². The van der Waals surface area contributed by atoms with Gasteiger partial charge in [0.25, 0.3) is 5.91 Å². The Morgan fingerprint density at radius 3 is 2.05 bits per heavy atom. The van der Waals surface area contributed by atoms with Crippen LogP contribution in [0.25, 0.3) is 0 Å². The van der Waals surface area contributed by atoms with E-state index in [1.54, 1.807) is 59.7 Å². The van der Waals surface area contributed by atoms with Gasteiger partial charge in [0.2, 0.25) is 5.91 Å². The summed E-state index contributed by atoms with van der Waals surface area (Å²) in [6, 6.07) is 6.50. The van der Waals surface area contributed by atoms with E-state index in [1.807, 2.05) is 0 Å². The first-order valence-corrected chi connectivity index (χ1v) is 12.2.